The van der Waals surface area contributed by atoms with Crippen molar-refractivity contribution in [3.63, 3.8) is 0 Å². The topological polar surface area (TPSA) is 121 Å². The zero-order chi connectivity index (χ0) is 30.9. The molecule has 2 aromatic carbocycles. The number of carbonyl (C=O) groups excluding carboxylic acids is 2. The molecule has 2 heterocycles. The zero-order valence-electron chi connectivity index (χ0n) is 25.3. The first-order valence-corrected chi connectivity index (χ1v) is 15.6. The Hall–Kier alpha value is -4.45. The second-order valence-electron chi connectivity index (χ2n) is 10.7. The molecular weight excluding hydrogens is 580 g/mol. The minimum absolute atomic E-state index is 0.102. The van der Waals surface area contributed by atoms with Crippen LogP contribution in [0.4, 0.5) is 0 Å². The average Bonchev–Trinajstić information content (AvgIpc) is 3.76. The van der Waals surface area contributed by atoms with Crippen LogP contribution < -0.4 is 19.5 Å². The van der Waals surface area contributed by atoms with Gasteiger partial charge in [0.25, 0.3) is 0 Å². The molecule has 1 aliphatic rings. The Kier molecular flexibility index (Phi) is 10.4. The zero-order valence-corrected chi connectivity index (χ0v) is 26.1. The number of rotatable bonds is 13. The number of nitrogens with one attached hydrogen (secondary N) is 1. The number of aromatic nitrogens is 4. The van der Waals surface area contributed by atoms with E-state index in [1.54, 1.807) is 26.2 Å². The van der Waals surface area contributed by atoms with Gasteiger partial charge in [-0.2, -0.15) is 4.80 Å². The summed E-state index contributed by atoms with van der Waals surface area (Å²) in [6.07, 6.45) is 5.74. The summed E-state index contributed by atoms with van der Waals surface area (Å²) < 4.78 is 16.1. The summed E-state index contributed by atoms with van der Waals surface area (Å²) >= 11 is 1.46. The predicted molar refractivity (Wildman–Crippen MR) is 167 cm³/mol. The van der Waals surface area contributed by atoms with Gasteiger partial charge in [-0.15, -0.1) is 21.5 Å². The lowest BCUT2D eigenvalue weighted by Gasteiger charge is -2.32. The number of nitrogens with zero attached hydrogens (tertiary/aromatic N) is 5. The maximum Gasteiger partial charge on any atom is 0.248 e. The van der Waals surface area contributed by atoms with E-state index in [-0.39, 0.29) is 30.9 Å². The van der Waals surface area contributed by atoms with Gasteiger partial charge in [0.1, 0.15) is 18.3 Å². The molecule has 1 aliphatic carbocycles. The van der Waals surface area contributed by atoms with Crippen LogP contribution in [0.3, 0.4) is 0 Å². The Labute approximate surface area is 261 Å². The first-order chi connectivity index (χ1) is 21.5. The molecular formula is C32H38N6O5S. The highest BCUT2D eigenvalue weighted by Gasteiger charge is 2.34. The van der Waals surface area contributed by atoms with Crippen molar-refractivity contribution < 1.29 is 23.8 Å². The smallest absolute Gasteiger partial charge is 0.248 e. The van der Waals surface area contributed by atoms with Gasteiger partial charge in [0.05, 0.1) is 21.3 Å². The molecule has 1 N–H and O–H groups in total. The third-order valence-corrected chi connectivity index (χ3v) is 8.74. The second kappa shape index (κ2) is 14.8. The lowest BCUT2D eigenvalue weighted by atomic mass is 9.95. The van der Waals surface area contributed by atoms with Crippen LogP contribution in [0.15, 0.2) is 60.0 Å². The molecule has 2 aromatic heterocycles. The lowest BCUT2D eigenvalue weighted by molar-refractivity contribution is -0.142. The fourth-order valence-corrected chi connectivity index (χ4v) is 6.29. The summed E-state index contributed by atoms with van der Waals surface area (Å²) in [5.41, 5.74) is 1.69. The molecule has 0 bridgehead atoms. The van der Waals surface area contributed by atoms with Crippen LogP contribution >= 0.6 is 11.3 Å². The van der Waals surface area contributed by atoms with Gasteiger partial charge in [-0.05, 0) is 77.9 Å². The van der Waals surface area contributed by atoms with Crippen LogP contribution in [-0.2, 0) is 22.6 Å². The molecule has 0 aliphatic heterocycles. The van der Waals surface area contributed by atoms with Crippen molar-refractivity contribution in [2.75, 3.05) is 27.9 Å². The van der Waals surface area contributed by atoms with E-state index in [1.807, 2.05) is 60.0 Å². The molecule has 1 atom stereocenters. The quantitative estimate of drug-likeness (QED) is 0.229. The largest absolute Gasteiger partial charge is 0.497 e. The highest BCUT2D eigenvalue weighted by atomic mass is 32.1. The van der Waals surface area contributed by atoms with Gasteiger partial charge in [-0.3, -0.25) is 9.59 Å². The van der Waals surface area contributed by atoms with Crippen LogP contribution in [0.2, 0.25) is 0 Å². The third kappa shape index (κ3) is 7.54. The number of benzene rings is 2. The Bertz CT molecular complexity index is 1520. The molecule has 44 heavy (non-hydrogen) atoms. The number of hydrogen-bond donors (Lipinski definition) is 1. The highest BCUT2D eigenvalue weighted by Crippen LogP contribution is 2.30. The molecule has 0 radical (unpaired) electrons. The first-order valence-electron chi connectivity index (χ1n) is 14.8. The van der Waals surface area contributed by atoms with Gasteiger partial charge < -0.3 is 24.4 Å². The normalized spacial score (nSPS) is 14.1. The van der Waals surface area contributed by atoms with Gasteiger partial charge >= 0.3 is 0 Å². The van der Waals surface area contributed by atoms with Crippen molar-refractivity contribution in [3.05, 3.63) is 70.4 Å². The molecule has 11 nitrogen and oxygen atoms in total. The number of thiophene rings is 1. The predicted octanol–water partition coefficient (Wildman–Crippen LogP) is 4.69. The van der Waals surface area contributed by atoms with Gasteiger partial charge in [-0.25, -0.2) is 0 Å². The first kappa shape index (κ1) is 31.0. The number of ether oxygens (including phenoxy) is 3. The van der Waals surface area contributed by atoms with E-state index >= 15 is 0 Å². The van der Waals surface area contributed by atoms with E-state index in [9.17, 15) is 9.59 Å². The van der Waals surface area contributed by atoms with E-state index in [1.165, 1.54) is 22.6 Å². The Morgan fingerprint density at radius 2 is 1.77 bits per heavy atom. The number of carbonyl (C=O) groups is 2. The molecule has 232 valence electrons. The van der Waals surface area contributed by atoms with Crippen molar-refractivity contribution >= 4 is 23.2 Å². The van der Waals surface area contributed by atoms with E-state index in [2.05, 4.69) is 20.7 Å². The van der Waals surface area contributed by atoms with Gasteiger partial charge in [0, 0.05) is 23.0 Å². The van der Waals surface area contributed by atoms with E-state index in [0.29, 0.717) is 29.5 Å². The van der Waals surface area contributed by atoms with Crippen molar-refractivity contribution in [1.82, 2.24) is 30.4 Å². The number of amides is 2. The molecule has 1 saturated carbocycles. The van der Waals surface area contributed by atoms with Crippen molar-refractivity contribution in [2.24, 2.45) is 0 Å². The molecule has 12 heteroatoms. The van der Waals surface area contributed by atoms with Crippen molar-refractivity contribution in [2.45, 2.75) is 57.2 Å². The number of tetrazole rings is 1. The van der Waals surface area contributed by atoms with Crippen LogP contribution in [0.1, 0.15) is 48.6 Å². The Morgan fingerprint density at radius 1 is 1.00 bits per heavy atom. The van der Waals surface area contributed by atoms with Crippen LogP contribution in [0.25, 0.3) is 11.4 Å². The molecule has 2 amide bonds. The van der Waals surface area contributed by atoms with Gasteiger partial charge in [-0.1, -0.05) is 31.4 Å². The summed E-state index contributed by atoms with van der Waals surface area (Å²) in [6.45, 7) is 0.114. The van der Waals surface area contributed by atoms with Gasteiger partial charge in [0.15, 0.2) is 11.5 Å². The highest BCUT2D eigenvalue weighted by molar-refractivity contribution is 7.10. The summed E-state index contributed by atoms with van der Waals surface area (Å²) in [5, 5.41) is 17.9. The van der Waals surface area contributed by atoms with Crippen LogP contribution in [-0.4, -0.2) is 70.8 Å². The molecule has 0 spiro atoms. The summed E-state index contributed by atoms with van der Waals surface area (Å²) in [6, 6.07) is 16.1. The monoisotopic (exact) mass is 618 g/mol. The van der Waals surface area contributed by atoms with Gasteiger partial charge in [0.2, 0.25) is 17.6 Å². The summed E-state index contributed by atoms with van der Waals surface area (Å²) in [4.78, 5) is 31.7. The fraction of sp³-hybridized carbons (Fsp3) is 0.406. The van der Waals surface area contributed by atoms with E-state index in [0.717, 1.165) is 41.7 Å². The van der Waals surface area contributed by atoms with Crippen LogP contribution in [0, 0.1) is 0 Å². The van der Waals surface area contributed by atoms with E-state index < -0.39 is 6.04 Å². The van der Waals surface area contributed by atoms with Crippen LogP contribution in [0.5, 0.6) is 17.2 Å². The summed E-state index contributed by atoms with van der Waals surface area (Å²) in [5.74, 6) is 1.87. The van der Waals surface area contributed by atoms with Crippen molar-refractivity contribution in [3.8, 4) is 28.6 Å². The molecule has 4 aromatic rings. The standard InChI is InChI=1S/C32H38N6O5S/c1-41-25-14-12-23(13-15-25)31-34-36-38(35-31)21-29(39)37(18-17-22-11-16-26(42-2)27(20-22)43-3)30(28-10-7-19-44-28)32(40)33-24-8-5-4-6-9-24/h7,10-16,19-20,24,30H,4-6,8-9,17-18,21H2,1-3H3,(H,33,40). The number of methoxy groups -OCH3 is 3. The van der Waals surface area contributed by atoms with E-state index in [4.69, 9.17) is 14.2 Å². The third-order valence-electron chi connectivity index (χ3n) is 7.81. The number of hydrogen-bond acceptors (Lipinski definition) is 9. The molecule has 1 unspecified atom stereocenters. The fourth-order valence-electron chi connectivity index (χ4n) is 5.46. The minimum atomic E-state index is -0.797. The Morgan fingerprint density at radius 3 is 2.45 bits per heavy atom. The second-order valence-corrected chi connectivity index (χ2v) is 11.6. The maximum atomic E-state index is 14.1. The molecule has 1 fully saturated rings. The SMILES string of the molecule is COc1ccc(-c2nnn(CC(=O)N(CCc3ccc(OC)c(OC)c3)C(C(=O)NC3CCCCC3)c3cccs3)n2)cc1. The molecule has 5 rings (SSSR count). The minimum Gasteiger partial charge on any atom is -0.497 e. The molecule has 0 saturated heterocycles. The summed E-state index contributed by atoms with van der Waals surface area (Å²) in [7, 11) is 4.78. The Balaban J connectivity index is 1.41. The van der Waals surface area contributed by atoms with Crippen molar-refractivity contribution in [1.29, 1.82) is 0 Å². The maximum absolute atomic E-state index is 14.1. The lowest BCUT2D eigenvalue weighted by Crippen LogP contribution is -2.48. The average molecular weight is 619 g/mol.